The molecule has 29 heavy (non-hydrogen) atoms. The monoisotopic (exact) mass is 412 g/mol. The molecule has 4 atom stereocenters. The third-order valence-electron chi connectivity index (χ3n) is 6.32. The second kappa shape index (κ2) is 6.75. The van der Waals surface area contributed by atoms with Crippen LogP contribution >= 0.6 is 11.6 Å². The Hall–Kier alpha value is -2.57. The van der Waals surface area contributed by atoms with E-state index in [9.17, 15) is 18.8 Å². The highest BCUT2D eigenvalue weighted by Gasteiger charge is 2.64. The van der Waals surface area contributed by atoms with Gasteiger partial charge in [0.2, 0.25) is 11.8 Å². The molecule has 3 aliphatic heterocycles. The van der Waals surface area contributed by atoms with Crippen LogP contribution in [0.4, 0.5) is 10.1 Å². The maximum atomic E-state index is 13.4. The highest BCUT2D eigenvalue weighted by atomic mass is 35.5. The Balaban J connectivity index is 1.55. The van der Waals surface area contributed by atoms with Crippen LogP contribution in [0.1, 0.15) is 23.2 Å². The lowest BCUT2D eigenvalue weighted by molar-refractivity contribution is -0.123. The summed E-state index contributed by atoms with van der Waals surface area (Å²) in [4.78, 5) is 43.2. The van der Waals surface area contributed by atoms with Crippen LogP contribution in [0.25, 0.3) is 0 Å². The van der Waals surface area contributed by atoms with E-state index in [1.54, 1.807) is 24.3 Å². The number of amides is 2. The predicted molar refractivity (Wildman–Crippen MR) is 105 cm³/mol. The first kappa shape index (κ1) is 18.5. The summed E-state index contributed by atoms with van der Waals surface area (Å²) >= 11 is 6.06. The fourth-order valence-electron chi connectivity index (χ4n) is 5.17. The van der Waals surface area contributed by atoms with Crippen molar-refractivity contribution < 1.29 is 18.8 Å². The van der Waals surface area contributed by atoms with Gasteiger partial charge in [-0.3, -0.25) is 19.3 Å². The Bertz CT molecular complexity index is 1020. The van der Waals surface area contributed by atoms with Crippen molar-refractivity contribution in [3.8, 4) is 0 Å². The number of rotatable bonds is 3. The number of Topliss-reactive ketones (excluding diaryl/α,β-unsaturated/α-hetero) is 1. The highest BCUT2D eigenvalue weighted by molar-refractivity contribution is 6.31. The molecule has 0 spiro atoms. The third-order valence-corrected chi connectivity index (χ3v) is 6.55. The molecule has 3 saturated heterocycles. The Morgan fingerprint density at radius 3 is 2.48 bits per heavy atom. The molecule has 0 saturated carbocycles. The molecule has 3 fully saturated rings. The molecule has 0 N–H and O–H groups in total. The molecule has 0 aromatic heterocycles. The molecule has 7 heteroatoms. The van der Waals surface area contributed by atoms with Gasteiger partial charge in [-0.1, -0.05) is 17.7 Å². The number of carbonyl (C=O) groups excluding carboxylic acids is 3. The SMILES string of the molecule is O=C(c1ccc(F)cc1)[C@@H]1[C@H]2C(=O)N(c3cccc(Cl)c3)C(=O)[C@@H]2[C@H]2CCCN21. The van der Waals surface area contributed by atoms with Crippen molar-refractivity contribution in [2.45, 2.75) is 24.9 Å². The number of anilines is 1. The van der Waals surface area contributed by atoms with E-state index in [-0.39, 0.29) is 23.6 Å². The third kappa shape index (κ3) is 2.74. The van der Waals surface area contributed by atoms with E-state index in [1.807, 2.05) is 4.90 Å². The number of nitrogens with zero attached hydrogens (tertiary/aromatic N) is 2. The largest absolute Gasteiger partial charge is 0.292 e. The number of fused-ring (bicyclic) bond motifs is 3. The first-order valence-electron chi connectivity index (χ1n) is 9.66. The van der Waals surface area contributed by atoms with E-state index in [2.05, 4.69) is 0 Å². The molecule has 2 aromatic rings. The number of hydrogen-bond acceptors (Lipinski definition) is 4. The topological polar surface area (TPSA) is 57.7 Å². The minimum Gasteiger partial charge on any atom is -0.292 e. The van der Waals surface area contributed by atoms with Crippen molar-refractivity contribution in [2.24, 2.45) is 11.8 Å². The summed E-state index contributed by atoms with van der Waals surface area (Å²) in [5.74, 6) is -2.57. The summed E-state index contributed by atoms with van der Waals surface area (Å²) in [5, 5.41) is 0.432. The lowest BCUT2D eigenvalue weighted by Gasteiger charge is -2.27. The van der Waals surface area contributed by atoms with E-state index in [1.165, 1.54) is 29.2 Å². The zero-order valence-electron chi connectivity index (χ0n) is 15.4. The first-order chi connectivity index (χ1) is 14.0. The van der Waals surface area contributed by atoms with E-state index < -0.39 is 23.7 Å². The maximum Gasteiger partial charge on any atom is 0.239 e. The molecule has 5 nitrogen and oxygen atoms in total. The molecule has 0 aliphatic carbocycles. The van der Waals surface area contributed by atoms with Gasteiger partial charge in [-0.15, -0.1) is 0 Å². The van der Waals surface area contributed by atoms with E-state index in [4.69, 9.17) is 11.6 Å². The Kier molecular flexibility index (Phi) is 4.29. The van der Waals surface area contributed by atoms with Crippen LogP contribution in [0.15, 0.2) is 48.5 Å². The Labute approximate surface area is 172 Å². The smallest absolute Gasteiger partial charge is 0.239 e. The van der Waals surface area contributed by atoms with Gasteiger partial charge in [-0.2, -0.15) is 0 Å². The van der Waals surface area contributed by atoms with Gasteiger partial charge in [-0.25, -0.2) is 9.29 Å². The average Bonchev–Trinajstić information content (AvgIpc) is 3.34. The van der Waals surface area contributed by atoms with Gasteiger partial charge in [0.25, 0.3) is 0 Å². The molecule has 3 heterocycles. The fraction of sp³-hybridized carbons (Fsp3) is 0.318. The number of ketones is 1. The number of hydrogen-bond donors (Lipinski definition) is 0. The van der Waals surface area contributed by atoms with Gasteiger partial charge in [0, 0.05) is 16.6 Å². The minimum atomic E-state index is -0.732. The Morgan fingerprint density at radius 2 is 1.76 bits per heavy atom. The minimum absolute atomic E-state index is 0.130. The van der Waals surface area contributed by atoms with Crippen LogP contribution in [-0.2, 0) is 9.59 Å². The van der Waals surface area contributed by atoms with E-state index >= 15 is 0 Å². The fourth-order valence-corrected chi connectivity index (χ4v) is 5.35. The molecule has 0 unspecified atom stereocenters. The molecular weight excluding hydrogens is 395 g/mol. The van der Waals surface area contributed by atoms with E-state index in [0.717, 1.165) is 12.8 Å². The molecule has 3 aliphatic rings. The molecule has 5 rings (SSSR count). The zero-order valence-corrected chi connectivity index (χ0v) is 16.2. The van der Waals surface area contributed by atoms with Gasteiger partial charge < -0.3 is 0 Å². The van der Waals surface area contributed by atoms with Crippen LogP contribution in [0, 0.1) is 17.7 Å². The van der Waals surface area contributed by atoms with Crippen LogP contribution in [0.2, 0.25) is 5.02 Å². The van der Waals surface area contributed by atoms with E-state index in [0.29, 0.717) is 22.8 Å². The summed E-state index contributed by atoms with van der Waals surface area (Å²) in [6.07, 6.45) is 1.65. The quantitative estimate of drug-likeness (QED) is 0.573. The molecule has 0 radical (unpaired) electrons. The summed E-state index contributed by atoms with van der Waals surface area (Å²) < 4.78 is 13.3. The Morgan fingerprint density at radius 1 is 1.03 bits per heavy atom. The molecule has 0 bridgehead atoms. The standard InChI is InChI=1S/C22H18ClFN2O3/c23-13-3-1-4-15(11-13)26-21(28)17-16-5-2-10-25(16)19(18(17)22(26)29)20(27)12-6-8-14(24)9-7-12/h1,3-4,6-9,11,16-19H,2,5,10H2/t16-,17-,18+,19+/m1/s1. The normalized spacial score (nSPS) is 28.7. The molecule has 2 amide bonds. The van der Waals surface area contributed by atoms with Crippen molar-refractivity contribution in [3.63, 3.8) is 0 Å². The second-order valence-corrected chi connectivity index (χ2v) is 8.24. The van der Waals surface area contributed by atoms with Crippen molar-refractivity contribution in [2.75, 3.05) is 11.4 Å². The van der Waals surface area contributed by atoms with Crippen molar-refractivity contribution in [1.29, 1.82) is 0 Å². The highest BCUT2D eigenvalue weighted by Crippen LogP contribution is 2.48. The summed E-state index contributed by atoms with van der Waals surface area (Å²) in [6.45, 7) is 0.674. The molecular formula is C22H18ClFN2O3. The van der Waals surface area contributed by atoms with Crippen LogP contribution in [0.5, 0.6) is 0 Å². The van der Waals surface area contributed by atoms with Crippen molar-refractivity contribution >= 4 is 34.9 Å². The van der Waals surface area contributed by atoms with Gasteiger partial charge >= 0.3 is 0 Å². The van der Waals surface area contributed by atoms with Gasteiger partial charge in [0.15, 0.2) is 5.78 Å². The van der Waals surface area contributed by atoms with Gasteiger partial charge in [-0.05, 0) is 61.9 Å². The predicted octanol–water partition coefficient (Wildman–Crippen LogP) is 3.31. The number of halogens is 2. The van der Waals surface area contributed by atoms with Crippen LogP contribution < -0.4 is 4.90 Å². The van der Waals surface area contributed by atoms with Gasteiger partial charge in [0.05, 0.1) is 23.6 Å². The summed E-state index contributed by atoms with van der Waals surface area (Å²) in [6, 6.07) is 11.1. The lowest BCUT2D eigenvalue weighted by atomic mass is 9.85. The van der Waals surface area contributed by atoms with Crippen LogP contribution in [-0.4, -0.2) is 41.1 Å². The summed E-state index contributed by atoms with van der Waals surface area (Å²) in [5.41, 5.74) is 0.781. The maximum absolute atomic E-state index is 13.4. The molecule has 148 valence electrons. The number of imide groups is 1. The number of benzene rings is 2. The zero-order chi connectivity index (χ0) is 20.3. The first-order valence-corrected chi connectivity index (χ1v) is 10.0. The van der Waals surface area contributed by atoms with Crippen molar-refractivity contribution in [1.82, 2.24) is 4.90 Å². The lowest BCUT2D eigenvalue weighted by Crippen LogP contribution is -2.46. The van der Waals surface area contributed by atoms with Gasteiger partial charge in [0.1, 0.15) is 5.82 Å². The van der Waals surface area contributed by atoms with Crippen molar-refractivity contribution in [3.05, 3.63) is 64.9 Å². The second-order valence-electron chi connectivity index (χ2n) is 7.81. The van der Waals surface area contributed by atoms with Crippen LogP contribution in [0.3, 0.4) is 0 Å². The number of carbonyl (C=O) groups is 3. The molecule has 2 aromatic carbocycles. The summed E-state index contributed by atoms with van der Waals surface area (Å²) in [7, 11) is 0. The average molecular weight is 413 g/mol.